The van der Waals surface area contributed by atoms with Crippen molar-refractivity contribution in [1.29, 1.82) is 5.41 Å². The molecule has 3 N–H and O–H groups in total. The van der Waals surface area contributed by atoms with Gasteiger partial charge in [-0.1, -0.05) is 38.5 Å². The van der Waals surface area contributed by atoms with E-state index in [0.717, 1.165) is 23.1 Å². The Hall–Kier alpha value is -4.47. The van der Waals surface area contributed by atoms with E-state index in [4.69, 9.17) is 15.2 Å². The van der Waals surface area contributed by atoms with Gasteiger partial charge in [-0.2, -0.15) is 5.10 Å². The molecule has 3 heterocycles. The number of amides is 2. The third-order valence-electron chi connectivity index (χ3n) is 7.64. The van der Waals surface area contributed by atoms with E-state index >= 15 is 0 Å². The number of likely N-dealkylation sites (tertiary alicyclic amines) is 1. The molecule has 0 saturated carbocycles. The van der Waals surface area contributed by atoms with Crippen LogP contribution in [0.4, 0.5) is 16.4 Å². The summed E-state index contributed by atoms with van der Waals surface area (Å²) in [6.07, 6.45) is 4.76. The van der Waals surface area contributed by atoms with Crippen LogP contribution in [0.15, 0.2) is 54.2 Å². The summed E-state index contributed by atoms with van der Waals surface area (Å²) in [5, 5.41) is 20.2. The Kier molecular flexibility index (Phi) is 9.91. The zero-order valence-corrected chi connectivity index (χ0v) is 27.1. The predicted octanol–water partition coefficient (Wildman–Crippen LogP) is 7.27. The highest BCUT2D eigenvalue weighted by molar-refractivity contribution is 6.14. The summed E-state index contributed by atoms with van der Waals surface area (Å²) in [6.45, 7) is 14.8. The largest absolute Gasteiger partial charge is 0.444 e. The monoisotopic (exact) mass is 599 g/mol. The first-order chi connectivity index (χ1) is 20.8. The number of hydrogen-bond donors (Lipinski definition) is 3. The average Bonchev–Trinajstić information content (AvgIpc) is 3.62. The highest BCUT2D eigenvalue weighted by Crippen LogP contribution is 2.35. The SMILES string of the molecule is CCC(C)=CC(=N)c1c(-c2ccc(C(=O)Nc3cc(C(C)C)ccn3)cc2)nn(C2CCN(C(=O)OC(C)(C)C)C2)c1NC. The first-order valence-corrected chi connectivity index (χ1v) is 15.2. The van der Waals surface area contributed by atoms with E-state index in [9.17, 15) is 9.59 Å². The van der Waals surface area contributed by atoms with Crippen molar-refractivity contribution in [2.45, 2.75) is 78.9 Å². The number of anilines is 2. The van der Waals surface area contributed by atoms with Crippen molar-refractivity contribution in [1.82, 2.24) is 19.7 Å². The molecule has 0 bridgehead atoms. The Bertz CT molecular complexity index is 1550. The Morgan fingerprint density at radius 2 is 1.89 bits per heavy atom. The van der Waals surface area contributed by atoms with Crippen LogP contribution in [0.2, 0.25) is 0 Å². The first-order valence-electron chi connectivity index (χ1n) is 15.2. The predicted molar refractivity (Wildman–Crippen MR) is 176 cm³/mol. The summed E-state index contributed by atoms with van der Waals surface area (Å²) in [6, 6.07) is 11.0. The molecule has 1 aromatic carbocycles. The summed E-state index contributed by atoms with van der Waals surface area (Å²) >= 11 is 0. The second kappa shape index (κ2) is 13.4. The van der Waals surface area contributed by atoms with Gasteiger partial charge in [0.05, 0.1) is 17.3 Å². The summed E-state index contributed by atoms with van der Waals surface area (Å²) in [5.41, 5.74) is 4.51. The van der Waals surface area contributed by atoms with Crippen LogP contribution in [0.5, 0.6) is 0 Å². The van der Waals surface area contributed by atoms with E-state index in [2.05, 4.69) is 36.4 Å². The Morgan fingerprint density at radius 1 is 1.18 bits per heavy atom. The number of benzene rings is 1. The molecule has 0 spiro atoms. The standard InChI is InChI=1S/C34H45N7O3/c1-9-22(4)18-27(35)29-30(39-41(31(29)36-8)26-15-17-40(20-26)33(43)44-34(5,6)7)23-10-12-24(13-11-23)32(42)38-28-19-25(21(2)3)14-16-37-28/h10-14,16,18-19,21,26,35-36H,9,15,17,20H2,1-8H3,(H,37,38,42). The van der Waals surface area contributed by atoms with Crippen LogP contribution in [0, 0.1) is 5.41 Å². The Balaban J connectivity index is 1.66. The van der Waals surface area contributed by atoms with Gasteiger partial charge >= 0.3 is 6.09 Å². The van der Waals surface area contributed by atoms with E-state index in [1.807, 2.05) is 69.8 Å². The fourth-order valence-electron chi connectivity index (χ4n) is 5.09. The average molecular weight is 600 g/mol. The highest BCUT2D eigenvalue weighted by atomic mass is 16.6. The minimum absolute atomic E-state index is 0.0966. The minimum Gasteiger partial charge on any atom is -0.444 e. The van der Waals surface area contributed by atoms with Crippen molar-refractivity contribution >= 4 is 29.3 Å². The van der Waals surface area contributed by atoms with Crippen LogP contribution in [0.3, 0.4) is 0 Å². The molecule has 1 aliphatic heterocycles. The lowest BCUT2D eigenvalue weighted by Gasteiger charge is -2.24. The molecule has 2 amide bonds. The maximum atomic E-state index is 13.1. The number of allylic oxidation sites excluding steroid dienone is 2. The molecular formula is C34H45N7O3. The van der Waals surface area contributed by atoms with E-state index < -0.39 is 5.60 Å². The molecule has 1 saturated heterocycles. The van der Waals surface area contributed by atoms with Gasteiger partial charge in [0, 0.05) is 37.5 Å². The molecule has 234 valence electrons. The smallest absolute Gasteiger partial charge is 0.410 e. The molecule has 3 aromatic rings. The van der Waals surface area contributed by atoms with Gasteiger partial charge in [-0.3, -0.25) is 4.79 Å². The second-order valence-corrected chi connectivity index (χ2v) is 12.6. The summed E-state index contributed by atoms with van der Waals surface area (Å²) < 4.78 is 7.50. The molecule has 0 aliphatic carbocycles. The maximum absolute atomic E-state index is 13.1. The Labute approximate surface area is 260 Å². The van der Waals surface area contributed by atoms with Gasteiger partial charge in [0.15, 0.2) is 0 Å². The number of nitrogens with zero attached hydrogens (tertiary/aromatic N) is 4. The van der Waals surface area contributed by atoms with E-state index in [1.54, 1.807) is 23.2 Å². The lowest BCUT2D eigenvalue weighted by atomic mass is 10.0. The molecule has 1 unspecified atom stereocenters. The second-order valence-electron chi connectivity index (χ2n) is 12.6. The number of ether oxygens (including phenoxy) is 1. The summed E-state index contributed by atoms with van der Waals surface area (Å²) in [7, 11) is 1.82. The van der Waals surface area contributed by atoms with Crippen LogP contribution in [-0.4, -0.2) is 63.1 Å². The number of rotatable bonds is 9. The van der Waals surface area contributed by atoms with E-state index in [1.165, 1.54) is 0 Å². The number of pyridine rings is 1. The van der Waals surface area contributed by atoms with Crippen molar-refractivity contribution < 1.29 is 14.3 Å². The van der Waals surface area contributed by atoms with Crippen LogP contribution < -0.4 is 10.6 Å². The topological polar surface area (TPSA) is 125 Å². The highest BCUT2D eigenvalue weighted by Gasteiger charge is 2.34. The van der Waals surface area contributed by atoms with Crippen LogP contribution in [-0.2, 0) is 4.74 Å². The van der Waals surface area contributed by atoms with Gasteiger partial charge in [0.1, 0.15) is 22.9 Å². The summed E-state index contributed by atoms with van der Waals surface area (Å²) in [5.74, 6) is 1.28. The molecular weight excluding hydrogens is 554 g/mol. The van der Waals surface area contributed by atoms with E-state index in [-0.39, 0.29) is 18.0 Å². The zero-order chi connectivity index (χ0) is 32.2. The van der Waals surface area contributed by atoms with Gasteiger partial charge in [0.25, 0.3) is 5.91 Å². The fourth-order valence-corrected chi connectivity index (χ4v) is 5.09. The molecule has 1 atom stereocenters. The molecule has 0 radical (unpaired) electrons. The third-order valence-corrected chi connectivity index (χ3v) is 7.64. The molecule has 10 heteroatoms. The number of nitrogens with one attached hydrogen (secondary N) is 3. The zero-order valence-electron chi connectivity index (χ0n) is 27.1. The quantitative estimate of drug-likeness (QED) is 0.222. The van der Waals surface area contributed by atoms with Gasteiger partial charge < -0.3 is 25.7 Å². The van der Waals surface area contributed by atoms with E-state index in [0.29, 0.717) is 59.6 Å². The maximum Gasteiger partial charge on any atom is 0.410 e. The van der Waals surface area contributed by atoms with Crippen molar-refractivity contribution in [3.8, 4) is 11.3 Å². The van der Waals surface area contributed by atoms with Crippen LogP contribution >= 0.6 is 0 Å². The fraction of sp³-hybridized carbons (Fsp3) is 0.441. The van der Waals surface area contributed by atoms with Crippen molar-refractivity contribution in [2.24, 2.45) is 0 Å². The van der Waals surface area contributed by atoms with Crippen LogP contribution in [0.25, 0.3) is 11.3 Å². The number of hydrogen-bond acceptors (Lipinski definition) is 7. The molecule has 10 nitrogen and oxygen atoms in total. The molecule has 1 aliphatic rings. The van der Waals surface area contributed by atoms with Crippen molar-refractivity contribution in [3.63, 3.8) is 0 Å². The first kappa shape index (κ1) is 32.4. The minimum atomic E-state index is -0.576. The summed E-state index contributed by atoms with van der Waals surface area (Å²) in [4.78, 5) is 31.8. The molecule has 2 aromatic heterocycles. The normalized spacial score (nSPS) is 15.4. The van der Waals surface area contributed by atoms with Crippen molar-refractivity contribution in [2.75, 3.05) is 30.8 Å². The lowest BCUT2D eigenvalue weighted by molar-refractivity contribution is 0.0288. The number of carbonyl (C=O) groups excluding carboxylic acids is 2. The van der Waals surface area contributed by atoms with Gasteiger partial charge in [-0.05, 0) is 82.4 Å². The number of aromatic nitrogens is 3. The Morgan fingerprint density at radius 3 is 2.50 bits per heavy atom. The van der Waals surface area contributed by atoms with Gasteiger partial charge in [0.2, 0.25) is 0 Å². The van der Waals surface area contributed by atoms with Crippen molar-refractivity contribution in [3.05, 3.63) is 70.9 Å². The number of carbonyl (C=O) groups is 2. The molecule has 1 fully saturated rings. The molecule has 4 rings (SSSR count). The third kappa shape index (κ3) is 7.53. The molecule has 44 heavy (non-hydrogen) atoms. The lowest BCUT2D eigenvalue weighted by Crippen LogP contribution is -2.35. The van der Waals surface area contributed by atoms with Gasteiger partial charge in [-0.25, -0.2) is 14.5 Å². The van der Waals surface area contributed by atoms with Gasteiger partial charge in [-0.15, -0.1) is 0 Å². The van der Waals surface area contributed by atoms with Crippen LogP contribution in [0.1, 0.15) is 94.8 Å².